The third-order valence-corrected chi connectivity index (χ3v) is 7.11. The van der Waals surface area contributed by atoms with Crippen molar-refractivity contribution >= 4 is 10.0 Å². The van der Waals surface area contributed by atoms with Crippen LogP contribution in [-0.2, 0) is 10.0 Å². The monoisotopic (exact) mass is 432 g/mol. The van der Waals surface area contributed by atoms with Crippen LogP contribution < -0.4 is 10.2 Å². The maximum absolute atomic E-state index is 13.0. The lowest BCUT2D eigenvalue weighted by Crippen LogP contribution is -2.43. The molecular weight excluding hydrogens is 407 g/mol. The molecule has 1 aliphatic rings. The molecule has 1 heterocycles. The Labute approximate surface area is 176 Å². The fourth-order valence-electron chi connectivity index (χ4n) is 3.47. The molecule has 1 fully saturated rings. The molecule has 1 unspecified atom stereocenters. The van der Waals surface area contributed by atoms with E-state index in [2.05, 4.69) is 11.8 Å². The quantitative estimate of drug-likeness (QED) is 0.542. The average Bonchev–Trinajstić information content (AvgIpc) is 2.78. The summed E-state index contributed by atoms with van der Waals surface area (Å²) in [5.41, 5.74) is 3.67. The van der Waals surface area contributed by atoms with Crippen LogP contribution in [-0.4, -0.2) is 49.9 Å². The lowest BCUT2D eigenvalue weighted by Gasteiger charge is -2.32. The van der Waals surface area contributed by atoms with Crippen molar-refractivity contribution in [1.82, 2.24) is 9.79 Å². The zero-order chi connectivity index (χ0) is 21.6. The molecule has 1 atom stereocenters. The standard InChI is InChI=1S/C22H25FN2O4S/c1-29-22-10-5-18(6-11-22)19-12-14-25(15-13-19)30(27,28)16-21(24-26)9-4-17-2-7-20(23)8-3-17/h2-3,5-8,10-11,19,21,24,26H,12-16H2,1H3. The van der Waals surface area contributed by atoms with E-state index < -0.39 is 16.1 Å². The summed E-state index contributed by atoms with van der Waals surface area (Å²) in [4.78, 5) is 0. The normalized spacial score (nSPS) is 16.5. The van der Waals surface area contributed by atoms with Crippen molar-refractivity contribution in [1.29, 1.82) is 0 Å². The number of rotatable bonds is 6. The molecule has 2 N–H and O–H groups in total. The van der Waals surface area contributed by atoms with Gasteiger partial charge in [-0.15, -0.1) is 0 Å². The predicted molar refractivity (Wildman–Crippen MR) is 112 cm³/mol. The first-order valence-corrected chi connectivity index (χ1v) is 11.3. The number of sulfonamides is 1. The molecule has 0 aromatic heterocycles. The first kappa shape index (κ1) is 22.2. The highest BCUT2D eigenvalue weighted by molar-refractivity contribution is 7.89. The third kappa shape index (κ3) is 5.80. The second kappa shape index (κ2) is 10.0. The number of halogens is 1. The maximum Gasteiger partial charge on any atom is 0.216 e. The first-order valence-electron chi connectivity index (χ1n) is 9.70. The van der Waals surface area contributed by atoms with Crippen molar-refractivity contribution < 1.29 is 22.8 Å². The van der Waals surface area contributed by atoms with Crippen LogP contribution in [0.15, 0.2) is 48.5 Å². The molecule has 2 aromatic rings. The number of piperidine rings is 1. The molecule has 1 aliphatic heterocycles. The van der Waals surface area contributed by atoms with E-state index in [-0.39, 0.29) is 11.6 Å². The van der Waals surface area contributed by atoms with Crippen molar-refractivity contribution in [2.45, 2.75) is 24.8 Å². The minimum atomic E-state index is -3.59. The number of ether oxygens (including phenoxy) is 1. The summed E-state index contributed by atoms with van der Waals surface area (Å²) in [6, 6.07) is 12.5. The number of hydrogen-bond donors (Lipinski definition) is 2. The van der Waals surface area contributed by atoms with Crippen LogP contribution in [0.25, 0.3) is 0 Å². The molecule has 8 heteroatoms. The largest absolute Gasteiger partial charge is 0.497 e. The molecule has 30 heavy (non-hydrogen) atoms. The maximum atomic E-state index is 13.0. The van der Waals surface area contributed by atoms with Crippen LogP contribution in [0.1, 0.15) is 29.9 Å². The lowest BCUT2D eigenvalue weighted by molar-refractivity contribution is 0.152. The van der Waals surface area contributed by atoms with Gasteiger partial charge in [-0.25, -0.2) is 17.1 Å². The Morgan fingerprint density at radius 1 is 1.17 bits per heavy atom. The summed E-state index contributed by atoms with van der Waals surface area (Å²) >= 11 is 0. The van der Waals surface area contributed by atoms with Crippen molar-refractivity contribution in [3.8, 4) is 17.6 Å². The van der Waals surface area contributed by atoms with E-state index in [1.54, 1.807) is 7.11 Å². The first-order chi connectivity index (χ1) is 14.4. The third-order valence-electron chi connectivity index (χ3n) is 5.20. The van der Waals surface area contributed by atoms with E-state index in [0.717, 1.165) is 18.6 Å². The van der Waals surface area contributed by atoms with Crippen molar-refractivity contribution in [3.05, 3.63) is 65.5 Å². The minimum Gasteiger partial charge on any atom is -0.497 e. The van der Waals surface area contributed by atoms with Gasteiger partial charge in [0.25, 0.3) is 0 Å². The van der Waals surface area contributed by atoms with E-state index in [4.69, 9.17) is 4.74 Å². The summed E-state index contributed by atoms with van der Waals surface area (Å²) in [6.45, 7) is 0.838. The predicted octanol–water partition coefficient (Wildman–Crippen LogP) is 2.74. The number of hydroxylamine groups is 1. The fourth-order valence-corrected chi connectivity index (χ4v) is 5.03. The summed E-state index contributed by atoms with van der Waals surface area (Å²) in [5.74, 6) is 5.82. The number of methoxy groups -OCH3 is 1. The lowest BCUT2D eigenvalue weighted by atomic mass is 9.90. The smallest absolute Gasteiger partial charge is 0.216 e. The van der Waals surface area contributed by atoms with E-state index >= 15 is 0 Å². The van der Waals surface area contributed by atoms with Gasteiger partial charge < -0.3 is 9.94 Å². The zero-order valence-electron chi connectivity index (χ0n) is 16.7. The number of nitrogens with one attached hydrogen (secondary N) is 1. The Kier molecular flexibility index (Phi) is 7.45. The fraction of sp³-hybridized carbons (Fsp3) is 0.364. The summed E-state index contributed by atoms with van der Waals surface area (Å²) < 4.78 is 45.1. The Hall–Kier alpha value is -2.44. The molecule has 0 saturated carbocycles. The highest BCUT2D eigenvalue weighted by atomic mass is 32.2. The summed E-state index contributed by atoms with van der Waals surface area (Å²) in [6.07, 6.45) is 1.45. The van der Waals surface area contributed by atoms with E-state index in [9.17, 15) is 18.0 Å². The highest BCUT2D eigenvalue weighted by Gasteiger charge is 2.30. The highest BCUT2D eigenvalue weighted by Crippen LogP contribution is 2.30. The van der Waals surface area contributed by atoms with Crippen molar-refractivity contribution in [2.24, 2.45) is 0 Å². The van der Waals surface area contributed by atoms with Crippen LogP contribution >= 0.6 is 0 Å². The van der Waals surface area contributed by atoms with E-state index in [0.29, 0.717) is 24.6 Å². The SMILES string of the molecule is COc1ccc(C2CCN(S(=O)(=O)CC(C#Cc3ccc(F)cc3)NO)CC2)cc1. The van der Waals surface area contributed by atoms with Gasteiger partial charge in [0.05, 0.1) is 12.9 Å². The van der Waals surface area contributed by atoms with Crippen molar-refractivity contribution in [3.63, 3.8) is 0 Å². The number of nitrogens with zero attached hydrogens (tertiary/aromatic N) is 1. The molecule has 3 rings (SSSR count). The van der Waals surface area contributed by atoms with Crippen LogP contribution in [0.5, 0.6) is 5.75 Å². The Bertz CT molecular complexity index is 990. The Morgan fingerprint density at radius 3 is 2.37 bits per heavy atom. The van der Waals surface area contributed by atoms with E-state index in [1.807, 2.05) is 29.7 Å². The zero-order valence-corrected chi connectivity index (χ0v) is 17.5. The molecule has 0 aliphatic carbocycles. The molecule has 6 nitrogen and oxygen atoms in total. The van der Waals surface area contributed by atoms with Gasteiger partial charge in [0.1, 0.15) is 17.6 Å². The van der Waals surface area contributed by atoms with Gasteiger partial charge in [-0.3, -0.25) is 0 Å². The summed E-state index contributed by atoms with van der Waals surface area (Å²) in [5, 5.41) is 9.34. The van der Waals surface area contributed by atoms with Gasteiger partial charge in [0, 0.05) is 18.7 Å². The molecule has 0 spiro atoms. The summed E-state index contributed by atoms with van der Waals surface area (Å²) in [7, 11) is -1.97. The molecule has 2 aromatic carbocycles. The van der Waals surface area contributed by atoms with Crippen molar-refractivity contribution in [2.75, 3.05) is 26.0 Å². The van der Waals surface area contributed by atoms with Gasteiger partial charge in [0.2, 0.25) is 10.0 Å². The van der Waals surface area contributed by atoms with Gasteiger partial charge in [-0.05, 0) is 60.7 Å². The van der Waals surface area contributed by atoms with Crippen LogP contribution in [0.4, 0.5) is 4.39 Å². The van der Waals surface area contributed by atoms with Crippen LogP contribution in [0, 0.1) is 17.7 Å². The van der Waals surface area contributed by atoms with Crippen LogP contribution in [0.3, 0.4) is 0 Å². The molecule has 0 radical (unpaired) electrons. The number of hydrogen-bond acceptors (Lipinski definition) is 5. The van der Waals surface area contributed by atoms with Crippen LogP contribution in [0.2, 0.25) is 0 Å². The molecule has 1 saturated heterocycles. The topological polar surface area (TPSA) is 78.9 Å². The molecule has 160 valence electrons. The van der Waals surface area contributed by atoms with Gasteiger partial charge >= 0.3 is 0 Å². The van der Waals surface area contributed by atoms with Gasteiger partial charge in [-0.1, -0.05) is 24.0 Å². The average molecular weight is 433 g/mol. The molecule has 0 amide bonds. The molecule has 0 bridgehead atoms. The Balaban J connectivity index is 1.59. The second-order valence-electron chi connectivity index (χ2n) is 7.18. The molecular formula is C22H25FN2O4S. The number of benzene rings is 2. The minimum absolute atomic E-state index is 0.299. The van der Waals surface area contributed by atoms with Gasteiger partial charge in [-0.2, -0.15) is 5.48 Å². The second-order valence-corrected chi connectivity index (χ2v) is 9.20. The Morgan fingerprint density at radius 2 is 1.80 bits per heavy atom. The van der Waals surface area contributed by atoms with E-state index in [1.165, 1.54) is 34.1 Å². The van der Waals surface area contributed by atoms with Gasteiger partial charge in [0.15, 0.2) is 0 Å².